The van der Waals surface area contributed by atoms with Gasteiger partial charge in [-0.2, -0.15) is 5.10 Å². The molecule has 1 atom stereocenters. The van der Waals surface area contributed by atoms with Crippen LogP contribution in [-0.4, -0.2) is 21.9 Å². The maximum Gasteiger partial charge on any atom is 0.141 e. The highest BCUT2D eigenvalue weighted by atomic mass is 16.5. The van der Waals surface area contributed by atoms with Gasteiger partial charge in [0.25, 0.3) is 0 Å². The predicted octanol–water partition coefficient (Wildman–Crippen LogP) is 1.46. The minimum absolute atomic E-state index is 0.0526. The van der Waals surface area contributed by atoms with Gasteiger partial charge in [0, 0.05) is 31.0 Å². The maximum absolute atomic E-state index is 6.19. The van der Waals surface area contributed by atoms with E-state index in [1.165, 1.54) is 5.56 Å². The van der Waals surface area contributed by atoms with E-state index < -0.39 is 0 Å². The van der Waals surface area contributed by atoms with E-state index in [9.17, 15) is 0 Å². The van der Waals surface area contributed by atoms with E-state index in [0.717, 1.165) is 24.2 Å². The molecule has 0 fully saturated rings. The summed E-state index contributed by atoms with van der Waals surface area (Å²) >= 11 is 0. The Balaban J connectivity index is 2.01. The van der Waals surface area contributed by atoms with Gasteiger partial charge in [-0.25, -0.2) is 0 Å². The normalized spacial score (nSPS) is 12.4. The van der Waals surface area contributed by atoms with E-state index in [0.29, 0.717) is 0 Å². The molecule has 0 amide bonds. The maximum atomic E-state index is 6.19. The highest BCUT2D eigenvalue weighted by Gasteiger charge is 2.12. The Morgan fingerprint density at radius 2 is 2.28 bits per heavy atom. The molecule has 0 aliphatic carbocycles. The van der Waals surface area contributed by atoms with Crippen LogP contribution >= 0.6 is 0 Å². The van der Waals surface area contributed by atoms with Gasteiger partial charge in [-0.1, -0.05) is 0 Å². The number of nitrogens with zero attached hydrogens (tertiary/aromatic N) is 3. The minimum Gasteiger partial charge on any atom is -0.495 e. The average molecular weight is 246 g/mol. The highest BCUT2D eigenvalue weighted by molar-refractivity contribution is 5.32. The first-order valence-electron chi connectivity index (χ1n) is 5.91. The zero-order valence-corrected chi connectivity index (χ0v) is 10.7. The number of aryl methyl sites for hydroxylation is 2. The Bertz CT molecular complexity index is 509. The molecule has 0 aliphatic heterocycles. The molecule has 0 aromatic carbocycles. The molecule has 18 heavy (non-hydrogen) atoms. The number of ether oxygens (including phenoxy) is 1. The Morgan fingerprint density at radius 1 is 1.44 bits per heavy atom. The molecule has 2 N–H and O–H groups in total. The van der Waals surface area contributed by atoms with Crippen molar-refractivity contribution in [1.82, 2.24) is 14.8 Å². The van der Waals surface area contributed by atoms with E-state index >= 15 is 0 Å². The lowest BCUT2D eigenvalue weighted by Crippen LogP contribution is -2.12. The molecule has 1 unspecified atom stereocenters. The van der Waals surface area contributed by atoms with Crippen molar-refractivity contribution < 1.29 is 4.74 Å². The first kappa shape index (κ1) is 12.6. The van der Waals surface area contributed by atoms with Crippen LogP contribution in [0.25, 0.3) is 0 Å². The van der Waals surface area contributed by atoms with Crippen molar-refractivity contribution >= 4 is 0 Å². The first-order valence-corrected chi connectivity index (χ1v) is 5.91. The van der Waals surface area contributed by atoms with Crippen molar-refractivity contribution in [2.75, 3.05) is 7.11 Å². The number of hydrogen-bond acceptors (Lipinski definition) is 4. The van der Waals surface area contributed by atoms with Gasteiger partial charge in [-0.3, -0.25) is 9.67 Å². The summed E-state index contributed by atoms with van der Waals surface area (Å²) in [7, 11) is 3.55. The molecular formula is C13H18N4O. The molecule has 5 nitrogen and oxygen atoms in total. The molecule has 2 rings (SSSR count). The van der Waals surface area contributed by atoms with E-state index in [2.05, 4.69) is 10.1 Å². The number of pyridine rings is 1. The van der Waals surface area contributed by atoms with Crippen molar-refractivity contribution in [3.8, 4) is 5.75 Å². The molecule has 2 heterocycles. The molecule has 0 spiro atoms. The third-order valence-corrected chi connectivity index (χ3v) is 2.94. The first-order chi connectivity index (χ1) is 8.70. The van der Waals surface area contributed by atoms with Crippen molar-refractivity contribution in [2.45, 2.75) is 18.9 Å². The topological polar surface area (TPSA) is 66.0 Å². The third-order valence-electron chi connectivity index (χ3n) is 2.94. The Kier molecular flexibility index (Phi) is 3.94. The Morgan fingerprint density at radius 3 is 2.94 bits per heavy atom. The molecule has 2 aromatic rings. The summed E-state index contributed by atoms with van der Waals surface area (Å²) in [6.07, 6.45) is 9.07. The van der Waals surface area contributed by atoms with Crippen LogP contribution in [0, 0.1) is 0 Å². The van der Waals surface area contributed by atoms with Gasteiger partial charge in [-0.15, -0.1) is 0 Å². The third kappa shape index (κ3) is 2.87. The van der Waals surface area contributed by atoms with Gasteiger partial charge in [0.05, 0.1) is 19.5 Å². The lowest BCUT2D eigenvalue weighted by atomic mass is 10.0. The van der Waals surface area contributed by atoms with Gasteiger partial charge >= 0.3 is 0 Å². The second-order valence-corrected chi connectivity index (χ2v) is 4.29. The zero-order chi connectivity index (χ0) is 13.0. The van der Waals surface area contributed by atoms with E-state index in [1.807, 2.05) is 25.5 Å². The van der Waals surface area contributed by atoms with E-state index in [-0.39, 0.29) is 6.04 Å². The quantitative estimate of drug-likeness (QED) is 0.867. The SMILES string of the molecule is COc1cnccc1C(N)CCc1cnn(C)c1. The van der Waals surface area contributed by atoms with Gasteiger partial charge in [0.1, 0.15) is 5.75 Å². The van der Waals surface area contributed by atoms with Crippen LogP contribution in [0.15, 0.2) is 30.9 Å². The van der Waals surface area contributed by atoms with Crippen LogP contribution in [-0.2, 0) is 13.5 Å². The molecule has 0 bridgehead atoms. The van der Waals surface area contributed by atoms with Gasteiger partial charge in [0.2, 0.25) is 0 Å². The molecule has 96 valence electrons. The monoisotopic (exact) mass is 246 g/mol. The van der Waals surface area contributed by atoms with Gasteiger partial charge in [0.15, 0.2) is 0 Å². The largest absolute Gasteiger partial charge is 0.495 e. The fourth-order valence-corrected chi connectivity index (χ4v) is 1.95. The summed E-state index contributed by atoms with van der Waals surface area (Å²) in [5.74, 6) is 0.746. The summed E-state index contributed by atoms with van der Waals surface area (Å²) in [4.78, 5) is 4.03. The molecule has 5 heteroatoms. The molecule has 0 saturated heterocycles. The standard InChI is InChI=1S/C13H18N4O/c1-17-9-10(7-16-17)3-4-12(14)11-5-6-15-8-13(11)18-2/h5-9,12H,3-4,14H2,1-2H3. The smallest absolute Gasteiger partial charge is 0.141 e. The van der Waals surface area contributed by atoms with Crippen molar-refractivity contribution in [3.63, 3.8) is 0 Å². The van der Waals surface area contributed by atoms with Crippen molar-refractivity contribution in [2.24, 2.45) is 12.8 Å². The second-order valence-electron chi connectivity index (χ2n) is 4.29. The van der Waals surface area contributed by atoms with Crippen LogP contribution in [0.3, 0.4) is 0 Å². The fraction of sp³-hybridized carbons (Fsp3) is 0.385. The minimum atomic E-state index is -0.0526. The highest BCUT2D eigenvalue weighted by Crippen LogP contribution is 2.25. The number of rotatable bonds is 5. The number of nitrogens with two attached hydrogens (primary N) is 1. The average Bonchev–Trinajstić information content (AvgIpc) is 2.81. The van der Waals surface area contributed by atoms with Crippen LogP contribution in [0.4, 0.5) is 0 Å². The number of methoxy groups -OCH3 is 1. The van der Waals surface area contributed by atoms with Crippen LogP contribution in [0.2, 0.25) is 0 Å². The summed E-state index contributed by atoms with van der Waals surface area (Å²) in [6.45, 7) is 0. The van der Waals surface area contributed by atoms with Gasteiger partial charge < -0.3 is 10.5 Å². The molecule has 0 aliphatic rings. The van der Waals surface area contributed by atoms with Gasteiger partial charge in [-0.05, 0) is 24.5 Å². The lowest BCUT2D eigenvalue weighted by molar-refractivity contribution is 0.402. The van der Waals surface area contributed by atoms with E-state index in [1.54, 1.807) is 24.2 Å². The fourth-order valence-electron chi connectivity index (χ4n) is 1.95. The predicted molar refractivity (Wildman–Crippen MR) is 69.2 cm³/mol. The van der Waals surface area contributed by atoms with Crippen molar-refractivity contribution in [1.29, 1.82) is 0 Å². The zero-order valence-electron chi connectivity index (χ0n) is 10.7. The molecule has 0 radical (unpaired) electrons. The lowest BCUT2D eigenvalue weighted by Gasteiger charge is -2.14. The number of aromatic nitrogens is 3. The summed E-state index contributed by atoms with van der Waals surface area (Å²) in [5, 5.41) is 4.14. The summed E-state index contributed by atoms with van der Waals surface area (Å²) < 4.78 is 7.06. The van der Waals surface area contributed by atoms with Crippen LogP contribution in [0.5, 0.6) is 5.75 Å². The Labute approximate surface area is 107 Å². The number of hydrogen-bond donors (Lipinski definition) is 1. The molecular weight excluding hydrogens is 228 g/mol. The van der Waals surface area contributed by atoms with E-state index in [4.69, 9.17) is 10.5 Å². The Hall–Kier alpha value is -1.88. The summed E-state index contributed by atoms with van der Waals surface area (Å²) in [5.41, 5.74) is 8.38. The van der Waals surface area contributed by atoms with Crippen LogP contribution < -0.4 is 10.5 Å². The summed E-state index contributed by atoms with van der Waals surface area (Å²) in [6, 6.07) is 1.86. The van der Waals surface area contributed by atoms with Crippen LogP contribution in [0.1, 0.15) is 23.6 Å². The second kappa shape index (κ2) is 5.64. The molecule has 0 saturated carbocycles. The molecule has 2 aromatic heterocycles. The van der Waals surface area contributed by atoms with Crippen molar-refractivity contribution in [3.05, 3.63) is 42.0 Å².